The van der Waals surface area contributed by atoms with Crippen LogP contribution in [0.2, 0.25) is 0 Å². The number of fused-ring (bicyclic) bond motifs is 1. The standard InChI is InChI=1S/C28H38N4O8/c1-11(2)7-15(29)27(37)39-9-31-23(33)19-13-5-6-14(20(19)24(31)34)18-17(13)21-22(18)26(36)32(25(21)35)10-40-28(38)16(30)8-12(3)4/h5-6,11-22H,7-10,29-30H2,1-4H3/t13-,14-,15+,16-,17-,18-,19+,20+,21-,22-/m1/s1. The molecule has 0 spiro atoms. The summed E-state index contributed by atoms with van der Waals surface area (Å²) in [7, 11) is 0. The van der Waals surface area contributed by atoms with Gasteiger partial charge in [0.05, 0.1) is 23.7 Å². The van der Waals surface area contributed by atoms with E-state index in [-0.39, 0.29) is 23.7 Å². The molecule has 0 aromatic rings. The van der Waals surface area contributed by atoms with Gasteiger partial charge in [0.1, 0.15) is 12.1 Å². The minimum atomic E-state index is -0.853. The van der Waals surface area contributed by atoms with Crippen LogP contribution >= 0.6 is 0 Å². The molecule has 4 N–H and O–H groups in total. The zero-order chi connectivity index (χ0) is 29.2. The van der Waals surface area contributed by atoms with E-state index in [0.29, 0.717) is 12.8 Å². The molecule has 6 aliphatic rings. The molecule has 2 saturated heterocycles. The number of hydrogen-bond acceptors (Lipinski definition) is 10. The number of nitrogens with zero attached hydrogens (tertiary/aromatic N) is 2. The maximum absolute atomic E-state index is 13.4. The van der Waals surface area contributed by atoms with E-state index < -0.39 is 96.6 Å². The van der Waals surface area contributed by atoms with Crippen molar-refractivity contribution in [2.24, 2.45) is 70.6 Å². The van der Waals surface area contributed by atoms with Crippen molar-refractivity contribution in [1.29, 1.82) is 0 Å². The van der Waals surface area contributed by atoms with Crippen LogP contribution in [0.5, 0.6) is 0 Å². The van der Waals surface area contributed by atoms with Gasteiger partial charge in [-0.2, -0.15) is 0 Å². The number of allylic oxidation sites excluding steroid dienone is 2. The van der Waals surface area contributed by atoms with Gasteiger partial charge in [-0.3, -0.25) is 28.8 Å². The fourth-order valence-corrected chi connectivity index (χ4v) is 7.66. The van der Waals surface area contributed by atoms with E-state index in [9.17, 15) is 28.8 Å². The smallest absolute Gasteiger partial charge is 0.324 e. The summed E-state index contributed by atoms with van der Waals surface area (Å²) in [4.78, 5) is 80.0. The van der Waals surface area contributed by atoms with Crippen LogP contribution in [0.1, 0.15) is 40.5 Å². The molecule has 2 bridgehead atoms. The highest BCUT2D eigenvalue weighted by atomic mass is 16.6. The summed E-state index contributed by atoms with van der Waals surface area (Å²) < 4.78 is 10.5. The van der Waals surface area contributed by atoms with Gasteiger partial charge in [-0.1, -0.05) is 39.8 Å². The van der Waals surface area contributed by atoms with Crippen molar-refractivity contribution in [2.45, 2.75) is 52.6 Å². The maximum Gasteiger partial charge on any atom is 0.324 e. The summed E-state index contributed by atoms with van der Waals surface area (Å²) in [6, 6.07) is -1.70. The average molecular weight is 559 g/mol. The van der Waals surface area contributed by atoms with E-state index in [4.69, 9.17) is 20.9 Å². The van der Waals surface area contributed by atoms with Crippen LogP contribution in [0.4, 0.5) is 0 Å². The third-order valence-electron chi connectivity index (χ3n) is 9.25. The number of carbonyl (C=O) groups excluding carboxylic acids is 6. The monoisotopic (exact) mass is 558 g/mol. The number of likely N-dealkylation sites (tertiary alicyclic amines) is 2. The maximum atomic E-state index is 13.4. The van der Waals surface area contributed by atoms with Gasteiger partial charge in [-0.05, 0) is 48.3 Å². The highest BCUT2D eigenvalue weighted by molar-refractivity contribution is 6.09. The van der Waals surface area contributed by atoms with Gasteiger partial charge in [0.15, 0.2) is 13.5 Å². The number of nitrogens with two attached hydrogens (primary N) is 2. The van der Waals surface area contributed by atoms with E-state index in [1.54, 1.807) is 0 Å². The number of amides is 4. The van der Waals surface area contributed by atoms with Crippen LogP contribution in [0.15, 0.2) is 12.2 Å². The van der Waals surface area contributed by atoms with Gasteiger partial charge in [0.25, 0.3) is 0 Å². The molecular formula is C28H38N4O8. The molecule has 4 amide bonds. The second-order valence-electron chi connectivity index (χ2n) is 12.7. The van der Waals surface area contributed by atoms with Crippen molar-refractivity contribution in [3.05, 3.63) is 12.2 Å². The lowest BCUT2D eigenvalue weighted by molar-refractivity contribution is -0.166. The van der Waals surface area contributed by atoms with Crippen LogP contribution in [0.3, 0.4) is 0 Å². The number of carbonyl (C=O) groups is 6. The largest absolute Gasteiger partial charge is 0.443 e. The highest BCUT2D eigenvalue weighted by Gasteiger charge is 2.75. The fourth-order valence-electron chi connectivity index (χ4n) is 7.66. The van der Waals surface area contributed by atoms with E-state index >= 15 is 0 Å². The van der Waals surface area contributed by atoms with E-state index in [1.165, 1.54) is 0 Å². The lowest BCUT2D eigenvalue weighted by Gasteiger charge is -2.60. The van der Waals surface area contributed by atoms with Crippen LogP contribution < -0.4 is 11.5 Å². The second kappa shape index (κ2) is 10.4. The lowest BCUT2D eigenvalue weighted by atomic mass is 9.40. The molecule has 0 radical (unpaired) electrons. The first-order chi connectivity index (χ1) is 18.8. The van der Waals surface area contributed by atoms with Crippen molar-refractivity contribution in [3.8, 4) is 0 Å². The molecule has 12 nitrogen and oxygen atoms in total. The fraction of sp³-hybridized carbons (Fsp3) is 0.714. The number of rotatable bonds is 10. The number of esters is 2. The molecule has 218 valence electrons. The predicted octanol–water partition coefficient (Wildman–Crippen LogP) is -0.00120. The van der Waals surface area contributed by atoms with Crippen molar-refractivity contribution >= 4 is 35.6 Å². The average Bonchev–Trinajstić information content (AvgIpc) is 3.23. The van der Waals surface area contributed by atoms with Crippen LogP contribution in [0, 0.1) is 59.2 Å². The summed E-state index contributed by atoms with van der Waals surface area (Å²) >= 11 is 0. The number of ether oxygens (including phenoxy) is 2. The van der Waals surface area contributed by atoms with E-state index in [2.05, 4.69) is 0 Å². The Balaban J connectivity index is 1.26. The molecule has 4 aliphatic carbocycles. The molecule has 12 heteroatoms. The summed E-state index contributed by atoms with van der Waals surface area (Å²) in [6.07, 6.45) is 4.59. The topological polar surface area (TPSA) is 179 Å². The van der Waals surface area contributed by atoms with Crippen molar-refractivity contribution in [2.75, 3.05) is 13.5 Å². The van der Waals surface area contributed by atoms with Gasteiger partial charge < -0.3 is 20.9 Å². The molecule has 6 rings (SSSR count). The zero-order valence-electron chi connectivity index (χ0n) is 23.2. The molecule has 2 saturated carbocycles. The SMILES string of the molecule is CC(C)C[C@@H](N)C(=O)OCN1C(=O)[C@H]2[C@H](C1=O)[C@@H]1[C@H]3C=C[C@@H]([C@@H]4C(=O)N(COC(=O)[C@@H](N)CC(C)C)C(=O)[C@@H]34)[C@@H]21. The molecular weight excluding hydrogens is 520 g/mol. The molecule has 2 aliphatic heterocycles. The van der Waals surface area contributed by atoms with Gasteiger partial charge in [0.2, 0.25) is 23.6 Å². The molecule has 4 fully saturated rings. The van der Waals surface area contributed by atoms with E-state index in [1.807, 2.05) is 39.8 Å². The summed E-state index contributed by atoms with van der Waals surface area (Å²) in [5.41, 5.74) is 11.7. The van der Waals surface area contributed by atoms with Gasteiger partial charge in [-0.15, -0.1) is 0 Å². The van der Waals surface area contributed by atoms with Crippen molar-refractivity contribution < 1.29 is 38.2 Å². The molecule has 0 unspecified atom stereocenters. The Morgan fingerprint density at radius 1 is 0.675 bits per heavy atom. The van der Waals surface area contributed by atoms with Crippen molar-refractivity contribution in [1.82, 2.24) is 9.80 Å². The Kier molecular flexibility index (Phi) is 7.37. The molecule has 40 heavy (non-hydrogen) atoms. The Hall–Kier alpha value is -3.12. The Labute approximate surface area is 232 Å². The Morgan fingerprint density at radius 3 is 1.32 bits per heavy atom. The van der Waals surface area contributed by atoms with Crippen molar-refractivity contribution in [3.63, 3.8) is 0 Å². The van der Waals surface area contributed by atoms with Gasteiger partial charge in [-0.25, -0.2) is 9.80 Å². The molecule has 2 heterocycles. The minimum absolute atomic E-state index is 0.174. The molecule has 0 aromatic heterocycles. The summed E-state index contributed by atoms with van der Waals surface area (Å²) in [5.74, 6) is -6.75. The predicted molar refractivity (Wildman–Crippen MR) is 138 cm³/mol. The third-order valence-corrected chi connectivity index (χ3v) is 9.25. The summed E-state index contributed by atoms with van der Waals surface area (Å²) in [6.45, 7) is 6.67. The third kappa shape index (κ3) is 4.36. The quantitative estimate of drug-likeness (QED) is 0.210. The molecule has 10 atom stereocenters. The van der Waals surface area contributed by atoms with Crippen LogP contribution in [-0.4, -0.2) is 70.9 Å². The number of imide groups is 2. The Morgan fingerprint density at radius 2 is 1.00 bits per heavy atom. The summed E-state index contributed by atoms with van der Waals surface area (Å²) in [5, 5.41) is 0. The highest BCUT2D eigenvalue weighted by Crippen LogP contribution is 2.68. The molecule has 0 aromatic carbocycles. The number of hydrogen-bond donors (Lipinski definition) is 2. The zero-order valence-corrected chi connectivity index (χ0v) is 23.2. The Bertz CT molecular complexity index is 1110. The van der Waals surface area contributed by atoms with E-state index in [0.717, 1.165) is 9.80 Å². The van der Waals surface area contributed by atoms with Crippen LogP contribution in [-0.2, 0) is 38.2 Å². The minimum Gasteiger partial charge on any atom is -0.443 e. The lowest BCUT2D eigenvalue weighted by Crippen LogP contribution is -2.63. The first-order valence-corrected chi connectivity index (χ1v) is 14.1. The normalized spacial score (nSPS) is 35.1. The first-order valence-electron chi connectivity index (χ1n) is 14.1. The first kappa shape index (κ1) is 28.4. The second-order valence-corrected chi connectivity index (χ2v) is 12.7. The van der Waals surface area contributed by atoms with Gasteiger partial charge >= 0.3 is 11.9 Å². The van der Waals surface area contributed by atoms with Crippen LogP contribution in [0.25, 0.3) is 0 Å². The van der Waals surface area contributed by atoms with Gasteiger partial charge in [0, 0.05) is 0 Å².